The van der Waals surface area contributed by atoms with Crippen molar-refractivity contribution in [3.8, 4) is 0 Å². The van der Waals surface area contributed by atoms with Crippen LogP contribution in [-0.2, 0) is 16.5 Å². The van der Waals surface area contributed by atoms with E-state index in [4.69, 9.17) is 0 Å². The van der Waals surface area contributed by atoms with Gasteiger partial charge in [-0.25, -0.2) is 19.6 Å². The van der Waals surface area contributed by atoms with Crippen LogP contribution in [0.1, 0.15) is 0 Å². The molecule has 0 aromatic heterocycles. The van der Waals surface area contributed by atoms with Crippen molar-refractivity contribution in [1.29, 1.82) is 0 Å². The molecule has 0 aliphatic rings. The summed E-state index contributed by atoms with van der Waals surface area (Å²) in [7, 11) is 0. The Morgan fingerprint density at radius 2 is 1.60 bits per heavy atom. The molecule has 36 valence electrons. The van der Waals surface area contributed by atoms with Gasteiger partial charge in [0.15, 0.2) is 0 Å². The molecule has 0 bridgehead atoms. The fourth-order valence-corrected chi connectivity index (χ4v) is 0. The Kier molecular flexibility index (Phi) is 71.7. The van der Waals surface area contributed by atoms with Crippen molar-refractivity contribution in [2.75, 3.05) is 0 Å². The van der Waals surface area contributed by atoms with Gasteiger partial charge in [-0.2, -0.15) is 0 Å². The van der Waals surface area contributed by atoms with E-state index >= 15 is 0 Å². The third kappa shape index (κ3) is 55.9. The molecule has 0 rings (SSSR count). The quantitative estimate of drug-likeness (QED) is 0.335. The van der Waals surface area contributed by atoms with Gasteiger partial charge in [0.1, 0.15) is 0 Å². The first kappa shape index (κ1) is 17.0. The molecule has 0 aromatic rings. The summed E-state index contributed by atoms with van der Waals surface area (Å²) in [5.74, 6) is 0. The van der Waals surface area contributed by atoms with Gasteiger partial charge in [-0.1, -0.05) is 0 Å². The molecule has 0 saturated heterocycles. The van der Waals surface area contributed by atoms with Gasteiger partial charge in [0.25, 0.3) is 0 Å². The topological polar surface area (TPSA) is 0 Å². The Morgan fingerprint density at radius 1 is 1.60 bits per heavy atom. The largest absolute Gasteiger partial charge is 0.245 e. The van der Waals surface area contributed by atoms with Crippen molar-refractivity contribution in [1.82, 2.24) is 0 Å². The summed E-state index contributed by atoms with van der Waals surface area (Å²) in [6.07, 6.45) is 1.50. The van der Waals surface area contributed by atoms with Gasteiger partial charge in [-0.15, -0.1) is 24.0 Å². The van der Waals surface area contributed by atoms with Crippen LogP contribution in [0.3, 0.4) is 0 Å². The Bertz CT molecular complexity index is 14.4. The van der Waals surface area contributed by atoms with Crippen LogP contribution in [0.25, 0.3) is 0 Å². The molecule has 0 aliphatic heterocycles. The Morgan fingerprint density at radius 3 is 1.60 bits per heavy atom. The standard InChI is InChI=1S/C3H5.HI.Ni/c1-3-2;;/h3H,1-2H2;1H;/q-1;;. The maximum absolute atomic E-state index is 3.25. The summed E-state index contributed by atoms with van der Waals surface area (Å²) in [5.41, 5.74) is 0. The molecule has 0 aromatic carbocycles. The predicted molar refractivity (Wildman–Crippen MR) is 31.0 cm³/mol. The van der Waals surface area contributed by atoms with E-state index in [1.165, 1.54) is 6.08 Å². The molecule has 0 radical (unpaired) electrons. The number of hydrogen-bond acceptors (Lipinski definition) is 0. The molecule has 0 atom stereocenters. The molecule has 0 nitrogen and oxygen atoms in total. The molecule has 2 heteroatoms. The van der Waals surface area contributed by atoms with E-state index in [-0.39, 0.29) is 40.5 Å². The molecule has 0 amide bonds. The Balaban J connectivity index is -0.0000000200. The van der Waals surface area contributed by atoms with Gasteiger partial charge in [-0.05, 0) is 0 Å². The van der Waals surface area contributed by atoms with Gasteiger partial charge < -0.3 is 0 Å². The maximum atomic E-state index is 3.25. The van der Waals surface area contributed by atoms with E-state index in [0.717, 1.165) is 0 Å². The van der Waals surface area contributed by atoms with Crippen LogP contribution >= 0.6 is 24.0 Å². The zero-order valence-corrected chi connectivity index (χ0v) is 6.03. The van der Waals surface area contributed by atoms with Gasteiger partial charge in [0.2, 0.25) is 0 Å². The van der Waals surface area contributed by atoms with Crippen LogP contribution < -0.4 is 0 Å². The Labute approximate surface area is 60.0 Å². The maximum Gasteiger partial charge on any atom is 0 e. The van der Waals surface area contributed by atoms with Crippen molar-refractivity contribution >= 4 is 24.0 Å². The number of rotatable bonds is 0. The average molecular weight is 228 g/mol. The van der Waals surface area contributed by atoms with E-state index in [2.05, 4.69) is 13.5 Å². The third-order valence-corrected chi connectivity index (χ3v) is 0. The summed E-state index contributed by atoms with van der Waals surface area (Å²) in [6, 6.07) is 0. The number of halogens is 1. The molecule has 0 aliphatic carbocycles. The fraction of sp³-hybridized carbons (Fsp3) is 0. The first-order valence-electron chi connectivity index (χ1n) is 0.816. The summed E-state index contributed by atoms with van der Waals surface area (Å²) in [5, 5.41) is 0. The third-order valence-electron chi connectivity index (χ3n) is 0. The monoisotopic (exact) mass is 227 g/mol. The van der Waals surface area contributed by atoms with E-state index in [1.54, 1.807) is 0 Å². The molecule has 0 fully saturated rings. The van der Waals surface area contributed by atoms with Crippen LogP contribution in [-0.4, -0.2) is 0 Å². The minimum Gasteiger partial charge on any atom is -0.245 e. The molecule has 0 spiro atoms. The molecule has 0 unspecified atom stereocenters. The van der Waals surface area contributed by atoms with Crippen molar-refractivity contribution in [2.45, 2.75) is 0 Å². The zero-order chi connectivity index (χ0) is 2.71. The first-order chi connectivity index (χ1) is 1.41. The second-order valence-electron chi connectivity index (χ2n) is 0.289. The van der Waals surface area contributed by atoms with Crippen molar-refractivity contribution in [3.63, 3.8) is 0 Å². The summed E-state index contributed by atoms with van der Waals surface area (Å²) in [4.78, 5) is 0. The van der Waals surface area contributed by atoms with E-state index in [0.29, 0.717) is 0 Å². The van der Waals surface area contributed by atoms with Gasteiger partial charge >= 0.3 is 0 Å². The van der Waals surface area contributed by atoms with Crippen LogP contribution in [0.2, 0.25) is 0 Å². The second kappa shape index (κ2) is 21.1. The van der Waals surface area contributed by atoms with Crippen LogP contribution in [0, 0.1) is 6.92 Å². The smallest absolute Gasteiger partial charge is 0 e. The zero-order valence-electron chi connectivity index (χ0n) is 2.72. The Hall–Kier alpha value is 0.834. The molecule has 5 heavy (non-hydrogen) atoms. The second-order valence-corrected chi connectivity index (χ2v) is 0.289. The van der Waals surface area contributed by atoms with Crippen molar-refractivity contribution in [3.05, 3.63) is 19.6 Å². The van der Waals surface area contributed by atoms with E-state index in [9.17, 15) is 0 Å². The van der Waals surface area contributed by atoms with Crippen molar-refractivity contribution < 1.29 is 16.5 Å². The van der Waals surface area contributed by atoms with Crippen LogP contribution in [0.4, 0.5) is 0 Å². The van der Waals surface area contributed by atoms with Crippen LogP contribution in [0.5, 0.6) is 0 Å². The summed E-state index contributed by atoms with van der Waals surface area (Å²) in [6.45, 7) is 6.50. The van der Waals surface area contributed by atoms with E-state index < -0.39 is 0 Å². The molecular weight excluding hydrogens is 222 g/mol. The minimum atomic E-state index is 0. The fourth-order valence-electron chi connectivity index (χ4n) is 0. The summed E-state index contributed by atoms with van der Waals surface area (Å²) >= 11 is 0. The molecular formula is C3H6INi-. The van der Waals surface area contributed by atoms with Crippen LogP contribution in [0.15, 0.2) is 12.7 Å². The molecule has 0 heterocycles. The SMILES string of the molecule is C=C[CH2-].I.[Ni]. The predicted octanol–water partition coefficient (Wildman–Crippen LogP) is 1.62. The van der Waals surface area contributed by atoms with Gasteiger partial charge in [0.05, 0.1) is 0 Å². The van der Waals surface area contributed by atoms with Gasteiger partial charge in [-0.3, -0.25) is 0 Å². The minimum absolute atomic E-state index is 0. The number of allylic oxidation sites excluding steroid dienone is 1. The van der Waals surface area contributed by atoms with E-state index in [1.807, 2.05) is 0 Å². The van der Waals surface area contributed by atoms with Gasteiger partial charge in [0, 0.05) is 16.5 Å². The normalized spacial score (nSPS) is 2.40. The molecule has 0 N–H and O–H groups in total. The summed E-state index contributed by atoms with van der Waals surface area (Å²) < 4.78 is 0. The average Bonchev–Trinajstić information content (AvgIpc) is 0.918. The molecule has 0 saturated carbocycles. The number of hydrogen-bond donors (Lipinski definition) is 0. The first-order valence-corrected chi connectivity index (χ1v) is 0.816. The van der Waals surface area contributed by atoms with Crippen molar-refractivity contribution in [2.24, 2.45) is 0 Å².